The van der Waals surface area contributed by atoms with E-state index in [4.69, 9.17) is 19.5 Å². The van der Waals surface area contributed by atoms with Crippen molar-refractivity contribution < 1.29 is 8.98 Å². The molecule has 2 atom stereocenters. The lowest BCUT2D eigenvalue weighted by molar-refractivity contribution is 0.272. The molecule has 0 aliphatic carbocycles. The van der Waals surface area contributed by atoms with Gasteiger partial charge in [0.2, 0.25) is 0 Å². The first-order valence-corrected chi connectivity index (χ1v) is 17.4. The molecule has 7 nitrogen and oxygen atoms in total. The molecule has 0 spiro atoms. The number of rotatable bonds is 8. The summed E-state index contributed by atoms with van der Waals surface area (Å²) in [6.07, 6.45) is 2.00. The molecule has 39 heavy (non-hydrogen) atoms. The molecule has 9 heteroatoms. The van der Waals surface area contributed by atoms with Crippen LogP contribution in [0.4, 0.5) is 0 Å². The zero-order chi connectivity index (χ0) is 28.6. The van der Waals surface area contributed by atoms with E-state index >= 15 is 0 Å². The number of hydrogen-bond acceptors (Lipinski definition) is 6. The van der Waals surface area contributed by atoms with Crippen molar-refractivity contribution in [2.75, 3.05) is 0 Å². The number of fused-ring (bicyclic) bond motifs is 1. The van der Waals surface area contributed by atoms with Gasteiger partial charge < -0.3 is 8.98 Å². The van der Waals surface area contributed by atoms with Gasteiger partial charge in [-0.1, -0.05) is 45.0 Å². The van der Waals surface area contributed by atoms with Gasteiger partial charge >= 0.3 is 0 Å². The van der Waals surface area contributed by atoms with Gasteiger partial charge in [0, 0.05) is 28.5 Å². The van der Waals surface area contributed by atoms with Crippen LogP contribution in [0.3, 0.4) is 0 Å². The number of hydrogen-bond donors (Lipinski definition) is 1. The molecule has 0 radical (unpaired) electrons. The van der Waals surface area contributed by atoms with E-state index in [1.807, 2.05) is 81.0 Å². The molecular weight excluding hydrogens is 523 g/mol. The Morgan fingerprint density at radius 3 is 2.41 bits per heavy atom. The second-order valence-electron chi connectivity index (χ2n) is 12.6. The van der Waals surface area contributed by atoms with Crippen LogP contribution in [0.1, 0.15) is 65.9 Å². The zero-order valence-corrected chi connectivity index (χ0v) is 26.4. The highest BCUT2D eigenvalue weighted by molar-refractivity contribution is 7.90. The molecule has 1 N–H and O–H groups in total. The second kappa shape index (κ2) is 11.1. The number of pyridine rings is 2. The van der Waals surface area contributed by atoms with E-state index in [1.165, 1.54) is 0 Å². The normalized spacial score (nSPS) is 14.5. The molecule has 0 bridgehead atoms. The van der Waals surface area contributed by atoms with Crippen LogP contribution < -0.4 is 4.72 Å². The van der Waals surface area contributed by atoms with Gasteiger partial charge in [-0.15, -0.1) is 4.72 Å². The fourth-order valence-electron chi connectivity index (χ4n) is 3.69. The molecule has 0 saturated heterocycles. The third-order valence-electron chi connectivity index (χ3n) is 7.27. The molecule has 3 heterocycles. The van der Waals surface area contributed by atoms with Crippen LogP contribution >= 0.6 is 0 Å². The van der Waals surface area contributed by atoms with Crippen LogP contribution in [0.15, 0.2) is 60.8 Å². The average Bonchev–Trinajstić information content (AvgIpc) is 3.30. The van der Waals surface area contributed by atoms with E-state index in [-0.39, 0.29) is 15.8 Å². The minimum atomic E-state index is -1.86. The van der Waals surface area contributed by atoms with Gasteiger partial charge in [0.15, 0.2) is 14.1 Å². The topological polar surface area (TPSA) is 87.9 Å². The summed E-state index contributed by atoms with van der Waals surface area (Å²) in [7, 11) is -1.86. The van der Waals surface area contributed by atoms with Crippen molar-refractivity contribution >= 4 is 30.6 Å². The zero-order valence-electron chi connectivity index (χ0n) is 24.6. The number of nitrogens with one attached hydrogen (secondary N) is 1. The lowest BCUT2D eigenvalue weighted by Gasteiger charge is -2.36. The molecule has 4 rings (SSSR count). The SMILES string of the molecule is C[C@H](N[S+]([O-])C(C)(C)C)c1cccc(-c2ccc3cn(-c4cccc(CO[Si](C)(C)C(C)(C)C)n4)nc3c2)n1. The molecule has 1 unspecified atom stereocenters. The summed E-state index contributed by atoms with van der Waals surface area (Å²) >= 11 is -1.18. The molecule has 4 aromatic rings. The Labute approximate surface area is 236 Å². The van der Waals surface area contributed by atoms with Crippen LogP contribution in [0, 0.1) is 0 Å². The summed E-state index contributed by atoms with van der Waals surface area (Å²) in [5.41, 5.74) is 4.43. The summed E-state index contributed by atoms with van der Waals surface area (Å²) in [5.74, 6) is 0.760. The monoisotopic (exact) mass is 563 g/mol. The number of aromatic nitrogens is 4. The maximum atomic E-state index is 12.6. The highest BCUT2D eigenvalue weighted by Crippen LogP contribution is 2.37. The Bertz CT molecular complexity index is 1440. The highest BCUT2D eigenvalue weighted by atomic mass is 32.2. The van der Waals surface area contributed by atoms with E-state index in [1.54, 1.807) is 0 Å². The van der Waals surface area contributed by atoms with Gasteiger partial charge in [-0.2, -0.15) is 5.10 Å². The fourth-order valence-corrected chi connectivity index (χ4v) is 5.43. The Morgan fingerprint density at radius 2 is 1.72 bits per heavy atom. The van der Waals surface area contributed by atoms with Gasteiger partial charge in [-0.3, -0.25) is 4.98 Å². The quantitative estimate of drug-likeness (QED) is 0.181. The minimum Gasteiger partial charge on any atom is -0.598 e. The number of benzene rings is 1. The van der Waals surface area contributed by atoms with Crippen molar-refractivity contribution in [2.24, 2.45) is 0 Å². The highest BCUT2D eigenvalue weighted by Gasteiger charge is 2.37. The van der Waals surface area contributed by atoms with Crippen molar-refractivity contribution in [2.45, 2.75) is 84.0 Å². The molecule has 0 aliphatic rings. The standard InChI is InChI=1S/C30H41N5O2SSi/c1-21(34-38(36)29(2,3)4)25-13-11-14-26(32-25)22-16-17-23-19-35(33-27(23)18-22)28-15-10-12-24(31-28)20-37-39(8,9)30(5,6)7/h10-19,21,34H,20H2,1-9H3/t21-,38?/m0/s1. The maximum Gasteiger partial charge on any atom is 0.192 e. The molecule has 1 aromatic carbocycles. The predicted molar refractivity (Wildman–Crippen MR) is 164 cm³/mol. The molecule has 0 saturated carbocycles. The Morgan fingerprint density at radius 1 is 1.00 bits per heavy atom. The third-order valence-corrected chi connectivity index (χ3v) is 13.4. The summed E-state index contributed by atoms with van der Waals surface area (Å²) in [6.45, 7) is 19.6. The molecular formula is C30H41N5O2SSi. The first kappa shape index (κ1) is 29.4. The lowest BCUT2D eigenvalue weighted by atomic mass is 10.1. The van der Waals surface area contributed by atoms with Crippen molar-refractivity contribution in [3.8, 4) is 17.1 Å². The van der Waals surface area contributed by atoms with Crippen LogP contribution in [0.2, 0.25) is 18.1 Å². The van der Waals surface area contributed by atoms with E-state index in [2.05, 4.69) is 50.7 Å². The fraction of sp³-hybridized carbons (Fsp3) is 0.433. The first-order chi connectivity index (χ1) is 18.1. The van der Waals surface area contributed by atoms with Gasteiger partial charge in [0.1, 0.15) is 4.75 Å². The molecule has 0 amide bonds. The Balaban J connectivity index is 1.55. The molecule has 3 aromatic heterocycles. The summed E-state index contributed by atoms with van der Waals surface area (Å²) in [4.78, 5) is 9.69. The van der Waals surface area contributed by atoms with Gasteiger partial charge in [0.25, 0.3) is 0 Å². The smallest absolute Gasteiger partial charge is 0.192 e. The van der Waals surface area contributed by atoms with Crippen LogP contribution in [0.5, 0.6) is 0 Å². The summed E-state index contributed by atoms with van der Waals surface area (Å²) < 4.78 is 23.6. The van der Waals surface area contributed by atoms with E-state index in [9.17, 15) is 4.55 Å². The summed E-state index contributed by atoms with van der Waals surface area (Å²) in [5, 5.41) is 6.00. The van der Waals surface area contributed by atoms with Crippen LogP contribution in [0.25, 0.3) is 28.0 Å². The van der Waals surface area contributed by atoms with Crippen LogP contribution in [-0.4, -0.2) is 37.4 Å². The van der Waals surface area contributed by atoms with Crippen molar-refractivity contribution in [3.63, 3.8) is 0 Å². The van der Waals surface area contributed by atoms with Crippen molar-refractivity contribution in [1.29, 1.82) is 0 Å². The first-order valence-electron chi connectivity index (χ1n) is 13.4. The van der Waals surface area contributed by atoms with E-state index < -0.39 is 19.7 Å². The minimum absolute atomic E-state index is 0.146. The Hall–Kier alpha value is -2.56. The molecule has 208 valence electrons. The number of nitrogens with zero attached hydrogens (tertiary/aromatic N) is 4. The maximum absolute atomic E-state index is 12.6. The largest absolute Gasteiger partial charge is 0.598 e. The van der Waals surface area contributed by atoms with E-state index in [0.717, 1.165) is 39.4 Å². The average molecular weight is 564 g/mol. The van der Waals surface area contributed by atoms with Gasteiger partial charge in [-0.25, -0.2) is 9.67 Å². The van der Waals surface area contributed by atoms with Crippen molar-refractivity contribution in [3.05, 3.63) is 72.2 Å². The second-order valence-corrected chi connectivity index (χ2v) is 19.4. The lowest BCUT2D eigenvalue weighted by Crippen LogP contribution is -2.40. The van der Waals surface area contributed by atoms with Gasteiger partial charge in [-0.05, 0) is 76.2 Å². The predicted octanol–water partition coefficient (Wildman–Crippen LogP) is 7.12. The Kier molecular flexibility index (Phi) is 8.40. The van der Waals surface area contributed by atoms with Crippen LogP contribution in [-0.2, 0) is 22.4 Å². The molecule has 0 fully saturated rings. The van der Waals surface area contributed by atoms with E-state index in [0.29, 0.717) is 6.61 Å². The van der Waals surface area contributed by atoms with Crippen molar-refractivity contribution in [1.82, 2.24) is 24.5 Å². The summed E-state index contributed by atoms with van der Waals surface area (Å²) in [6, 6.07) is 17.9. The van der Waals surface area contributed by atoms with Gasteiger partial charge in [0.05, 0.1) is 35.2 Å². The third kappa shape index (κ3) is 6.96. The molecule has 0 aliphatic heterocycles.